The van der Waals surface area contributed by atoms with Gasteiger partial charge in [0.1, 0.15) is 5.41 Å². The molecule has 0 bridgehead atoms. The Kier molecular flexibility index (Phi) is 4.62. The van der Waals surface area contributed by atoms with Crippen LogP contribution in [0.5, 0.6) is 0 Å². The molecule has 2 N–H and O–H groups in total. The molecule has 130 valence electrons. The molecule has 0 radical (unpaired) electrons. The number of carbonyl (C=O) groups is 2. The van der Waals surface area contributed by atoms with Gasteiger partial charge in [-0.3, -0.25) is 9.59 Å². The lowest BCUT2D eigenvalue weighted by molar-refractivity contribution is -0.134. The van der Waals surface area contributed by atoms with Crippen molar-refractivity contribution < 1.29 is 9.59 Å². The highest BCUT2D eigenvalue weighted by Crippen LogP contribution is 2.47. The molecule has 4 nitrogen and oxygen atoms in total. The number of amides is 2. The molecule has 4 heteroatoms. The molecule has 1 aliphatic carbocycles. The van der Waals surface area contributed by atoms with E-state index in [0.717, 1.165) is 22.4 Å². The van der Waals surface area contributed by atoms with Crippen molar-refractivity contribution in [2.45, 2.75) is 39.7 Å². The number of anilines is 1. The van der Waals surface area contributed by atoms with E-state index in [2.05, 4.69) is 10.6 Å². The SMILES string of the molecule is Cc1cccc(NC(=O)C2(C(=O)NC(C)c3ccccc3)CC2)c1C. The van der Waals surface area contributed by atoms with Gasteiger partial charge in [0.15, 0.2) is 0 Å². The number of carbonyl (C=O) groups excluding carboxylic acids is 2. The molecule has 1 saturated carbocycles. The van der Waals surface area contributed by atoms with E-state index in [0.29, 0.717) is 12.8 Å². The largest absolute Gasteiger partial charge is 0.349 e. The van der Waals surface area contributed by atoms with Crippen LogP contribution in [-0.2, 0) is 9.59 Å². The zero-order valence-electron chi connectivity index (χ0n) is 14.9. The lowest BCUT2D eigenvalue weighted by atomic mass is 10.0. The van der Waals surface area contributed by atoms with Gasteiger partial charge in [0.05, 0.1) is 6.04 Å². The lowest BCUT2D eigenvalue weighted by Crippen LogP contribution is -2.41. The van der Waals surface area contributed by atoms with Crippen molar-refractivity contribution in [2.75, 3.05) is 5.32 Å². The zero-order chi connectivity index (χ0) is 18.0. The summed E-state index contributed by atoms with van der Waals surface area (Å²) >= 11 is 0. The Balaban J connectivity index is 1.70. The second-order valence-electron chi connectivity index (χ2n) is 6.89. The van der Waals surface area contributed by atoms with Crippen LogP contribution in [0, 0.1) is 19.3 Å². The molecular formula is C21H24N2O2. The van der Waals surface area contributed by atoms with Crippen molar-refractivity contribution in [3.05, 3.63) is 65.2 Å². The fraction of sp³-hybridized carbons (Fsp3) is 0.333. The van der Waals surface area contributed by atoms with E-state index in [1.54, 1.807) is 0 Å². The number of rotatable bonds is 5. The maximum atomic E-state index is 12.7. The molecule has 0 aromatic heterocycles. The van der Waals surface area contributed by atoms with Gasteiger partial charge >= 0.3 is 0 Å². The van der Waals surface area contributed by atoms with Crippen LogP contribution in [0.1, 0.15) is 42.5 Å². The molecule has 0 aliphatic heterocycles. The minimum atomic E-state index is -0.931. The summed E-state index contributed by atoms with van der Waals surface area (Å²) in [6.45, 7) is 5.92. The summed E-state index contributed by atoms with van der Waals surface area (Å²) in [5, 5.41) is 5.94. The van der Waals surface area contributed by atoms with Gasteiger partial charge in [-0.2, -0.15) is 0 Å². The standard InChI is InChI=1S/C21H24N2O2/c1-14-8-7-11-18(15(14)2)23-20(25)21(12-13-21)19(24)22-16(3)17-9-5-4-6-10-17/h4-11,16H,12-13H2,1-3H3,(H,22,24)(H,23,25). The molecule has 1 unspecified atom stereocenters. The molecule has 1 fully saturated rings. The van der Waals surface area contributed by atoms with Gasteiger partial charge < -0.3 is 10.6 Å². The van der Waals surface area contributed by atoms with Crippen molar-refractivity contribution in [3.8, 4) is 0 Å². The third-order valence-electron chi connectivity index (χ3n) is 5.12. The minimum absolute atomic E-state index is 0.125. The highest BCUT2D eigenvalue weighted by molar-refractivity contribution is 6.13. The average molecular weight is 336 g/mol. The zero-order valence-corrected chi connectivity index (χ0v) is 14.9. The summed E-state index contributed by atoms with van der Waals surface area (Å²) < 4.78 is 0. The summed E-state index contributed by atoms with van der Waals surface area (Å²) in [6, 6.07) is 15.4. The Morgan fingerprint density at radius 3 is 2.28 bits per heavy atom. The van der Waals surface area contributed by atoms with Crippen molar-refractivity contribution >= 4 is 17.5 Å². The first-order valence-corrected chi connectivity index (χ1v) is 8.67. The van der Waals surface area contributed by atoms with Crippen LogP contribution in [-0.4, -0.2) is 11.8 Å². The number of benzene rings is 2. The maximum absolute atomic E-state index is 12.7. The fourth-order valence-electron chi connectivity index (χ4n) is 2.97. The molecule has 3 rings (SSSR count). The van der Waals surface area contributed by atoms with Gasteiger partial charge in [0, 0.05) is 5.69 Å². The molecule has 1 atom stereocenters. The average Bonchev–Trinajstić information content (AvgIpc) is 3.41. The second-order valence-corrected chi connectivity index (χ2v) is 6.89. The van der Waals surface area contributed by atoms with Crippen LogP contribution in [0.4, 0.5) is 5.69 Å². The van der Waals surface area contributed by atoms with E-state index < -0.39 is 5.41 Å². The first-order chi connectivity index (χ1) is 11.9. The van der Waals surface area contributed by atoms with Crippen molar-refractivity contribution in [3.63, 3.8) is 0 Å². The topological polar surface area (TPSA) is 58.2 Å². The van der Waals surface area contributed by atoms with Crippen LogP contribution < -0.4 is 10.6 Å². The smallest absolute Gasteiger partial charge is 0.240 e. The fourth-order valence-corrected chi connectivity index (χ4v) is 2.97. The van der Waals surface area contributed by atoms with Crippen molar-refractivity contribution in [1.82, 2.24) is 5.32 Å². The van der Waals surface area contributed by atoms with E-state index in [9.17, 15) is 9.59 Å². The summed E-state index contributed by atoms with van der Waals surface area (Å²) in [7, 11) is 0. The molecular weight excluding hydrogens is 312 g/mol. The van der Waals surface area contributed by atoms with E-state index >= 15 is 0 Å². The van der Waals surface area contributed by atoms with Gasteiger partial charge in [-0.05, 0) is 56.4 Å². The van der Waals surface area contributed by atoms with Gasteiger partial charge in [-0.1, -0.05) is 42.5 Å². The van der Waals surface area contributed by atoms with E-state index in [1.165, 1.54) is 0 Å². The molecule has 2 aromatic carbocycles. The molecule has 0 heterocycles. The van der Waals surface area contributed by atoms with Gasteiger partial charge in [0.2, 0.25) is 11.8 Å². The maximum Gasteiger partial charge on any atom is 0.240 e. The Hall–Kier alpha value is -2.62. The molecule has 0 saturated heterocycles. The molecule has 0 spiro atoms. The van der Waals surface area contributed by atoms with Crippen molar-refractivity contribution in [1.29, 1.82) is 0 Å². The number of hydrogen-bond donors (Lipinski definition) is 2. The quantitative estimate of drug-likeness (QED) is 0.814. The van der Waals surface area contributed by atoms with Crippen LogP contribution in [0.2, 0.25) is 0 Å². The monoisotopic (exact) mass is 336 g/mol. The third-order valence-corrected chi connectivity index (χ3v) is 5.12. The Morgan fingerprint density at radius 2 is 1.64 bits per heavy atom. The van der Waals surface area contributed by atoms with Gasteiger partial charge in [-0.15, -0.1) is 0 Å². The number of hydrogen-bond acceptors (Lipinski definition) is 2. The van der Waals surface area contributed by atoms with Crippen LogP contribution in [0.15, 0.2) is 48.5 Å². The minimum Gasteiger partial charge on any atom is -0.349 e. The summed E-state index contributed by atoms with van der Waals surface area (Å²) in [5.41, 5.74) is 3.02. The molecule has 25 heavy (non-hydrogen) atoms. The summed E-state index contributed by atoms with van der Waals surface area (Å²) in [4.78, 5) is 25.5. The van der Waals surface area contributed by atoms with E-state index in [4.69, 9.17) is 0 Å². The number of nitrogens with one attached hydrogen (secondary N) is 2. The Bertz CT molecular complexity index is 795. The van der Waals surface area contributed by atoms with Gasteiger partial charge in [-0.25, -0.2) is 0 Å². The first-order valence-electron chi connectivity index (χ1n) is 8.67. The van der Waals surface area contributed by atoms with Crippen LogP contribution in [0.3, 0.4) is 0 Å². The number of aryl methyl sites for hydroxylation is 1. The third kappa shape index (κ3) is 3.43. The van der Waals surface area contributed by atoms with Crippen LogP contribution in [0.25, 0.3) is 0 Å². The molecule has 2 amide bonds. The lowest BCUT2D eigenvalue weighted by Gasteiger charge is -2.20. The summed E-state index contributed by atoms with van der Waals surface area (Å²) in [5.74, 6) is -0.398. The Morgan fingerprint density at radius 1 is 0.960 bits per heavy atom. The van der Waals surface area contributed by atoms with Gasteiger partial charge in [0.25, 0.3) is 0 Å². The van der Waals surface area contributed by atoms with E-state index in [-0.39, 0.29) is 17.9 Å². The normalized spacial score (nSPS) is 16.0. The highest BCUT2D eigenvalue weighted by atomic mass is 16.2. The second kappa shape index (κ2) is 6.71. The van der Waals surface area contributed by atoms with E-state index in [1.807, 2.05) is 69.3 Å². The summed E-state index contributed by atoms with van der Waals surface area (Å²) in [6.07, 6.45) is 1.19. The predicted molar refractivity (Wildman–Crippen MR) is 99.2 cm³/mol. The molecule has 2 aromatic rings. The highest BCUT2D eigenvalue weighted by Gasteiger charge is 2.56. The predicted octanol–water partition coefficient (Wildman–Crippen LogP) is 3.90. The van der Waals surface area contributed by atoms with Crippen LogP contribution >= 0.6 is 0 Å². The van der Waals surface area contributed by atoms with Crippen molar-refractivity contribution in [2.24, 2.45) is 5.41 Å². The molecule has 1 aliphatic rings. The first kappa shape index (κ1) is 17.2. The Labute approximate surface area is 148 Å².